The number of aliphatic imine (C=N–C) groups is 1. The lowest BCUT2D eigenvalue weighted by Crippen LogP contribution is -2.36. The van der Waals surface area contributed by atoms with E-state index in [4.69, 9.17) is 5.73 Å². The van der Waals surface area contributed by atoms with Crippen LogP contribution in [0.3, 0.4) is 0 Å². The number of allylic oxidation sites excluding steroid dienone is 2. The second kappa shape index (κ2) is 11.0. The zero-order valence-corrected chi connectivity index (χ0v) is 12.1. The van der Waals surface area contributed by atoms with Crippen molar-refractivity contribution in [3.05, 3.63) is 36.1 Å². The molecule has 1 aliphatic heterocycles. The van der Waals surface area contributed by atoms with E-state index >= 15 is 0 Å². The summed E-state index contributed by atoms with van der Waals surface area (Å²) in [5.41, 5.74) is 7.87. The van der Waals surface area contributed by atoms with Crippen LogP contribution in [0.15, 0.2) is 41.1 Å². The van der Waals surface area contributed by atoms with Crippen LogP contribution in [0.4, 0.5) is 0 Å². The van der Waals surface area contributed by atoms with Gasteiger partial charge in [-0.1, -0.05) is 46.4 Å². The summed E-state index contributed by atoms with van der Waals surface area (Å²) >= 11 is 0. The molecule has 0 aliphatic carbocycles. The normalized spacial score (nSPS) is 14.5. The average molecular weight is 237 g/mol. The van der Waals surface area contributed by atoms with Crippen molar-refractivity contribution in [3.8, 4) is 0 Å². The van der Waals surface area contributed by atoms with E-state index in [-0.39, 0.29) is 0 Å². The van der Waals surface area contributed by atoms with Gasteiger partial charge in [-0.25, -0.2) is 4.99 Å². The third kappa shape index (κ3) is 5.38. The fourth-order valence-electron chi connectivity index (χ4n) is 1.24. The molecule has 1 rings (SSSR count). The summed E-state index contributed by atoms with van der Waals surface area (Å²) in [5, 5.41) is 0. The summed E-state index contributed by atoms with van der Waals surface area (Å²) in [4.78, 5) is 6.01. The van der Waals surface area contributed by atoms with Gasteiger partial charge in [-0.05, 0) is 18.6 Å². The van der Waals surface area contributed by atoms with Gasteiger partial charge in [0.15, 0.2) is 5.96 Å². The Labute approximate surface area is 106 Å². The molecule has 0 atom stereocenters. The number of hydrogen-bond acceptors (Lipinski definition) is 3. The number of rotatable bonds is 2. The van der Waals surface area contributed by atoms with Gasteiger partial charge in [0.2, 0.25) is 0 Å². The summed E-state index contributed by atoms with van der Waals surface area (Å²) in [6.07, 6.45) is 5.81. The van der Waals surface area contributed by atoms with Gasteiger partial charge in [0.05, 0.1) is 6.54 Å². The van der Waals surface area contributed by atoms with Crippen LogP contribution in [0.1, 0.15) is 34.6 Å². The number of nitrogens with zero attached hydrogens (tertiary/aromatic N) is 2. The molecule has 0 unspecified atom stereocenters. The van der Waals surface area contributed by atoms with E-state index < -0.39 is 0 Å². The minimum atomic E-state index is 0.554. The average Bonchev–Trinajstić information content (AvgIpc) is 2.40. The minimum absolute atomic E-state index is 0.554. The fourth-order valence-corrected chi connectivity index (χ4v) is 1.24. The highest BCUT2D eigenvalue weighted by molar-refractivity contribution is 5.81. The first-order chi connectivity index (χ1) is 8.20. The maximum Gasteiger partial charge on any atom is 0.195 e. The molecule has 3 nitrogen and oxygen atoms in total. The predicted octanol–water partition coefficient (Wildman–Crippen LogP) is 3.32. The molecule has 17 heavy (non-hydrogen) atoms. The van der Waals surface area contributed by atoms with E-state index in [1.807, 2.05) is 64.8 Å². The molecular formula is C14H27N3. The van der Waals surface area contributed by atoms with Crippen LogP contribution in [-0.4, -0.2) is 24.5 Å². The van der Waals surface area contributed by atoms with Crippen LogP contribution in [0.2, 0.25) is 0 Å². The Bertz CT molecular complexity index is 299. The van der Waals surface area contributed by atoms with E-state index in [9.17, 15) is 0 Å². The van der Waals surface area contributed by atoms with Gasteiger partial charge in [0.1, 0.15) is 0 Å². The molecule has 0 saturated heterocycles. The largest absolute Gasteiger partial charge is 0.370 e. The Morgan fingerprint density at radius 2 is 1.82 bits per heavy atom. The monoisotopic (exact) mass is 237 g/mol. The van der Waals surface area contributed by atoms with E-state index in [1.54, 1.807) is 0 Å². The highest BCUT2D eigenvalue weighted by atomic mass is 15.3. The van der Waals surface area contributed by atoms with Gasteiger partial charge in [-0.2, -0.15) is 0 Å². The first-order valence-corrected chi connectivity index (χ1v) is 6.22. The van der Waals surface area contributed by atoms with Crippen molar-refractivity contribution in [2.75, 3.05) is 13.6 Å². The summed E-state index contributed by atoms with van der Waals surface area (Å²) in [6.45, 7) is 14.3. The van der Waals surface area contributed by atoms with E-state index in [0.29, 0.717) is 12.5 Å². The molecule has 0 amide bonds. The third-order valence-electron chi connectivity index (χ3n) is 2.02. The van der Waals surface area contributed by atoms with Crippen LogP contribution in [0.25, 0.3) is 0 Å². The van der Waals surface area contributed by atoms with Crippen molar-refractivity contribution in [1.82, 2.24) is 4.90 Å². The standard InChI is InChI=1S/C10H15N3.2C2H6/c1-4-6-9-8(5-2)7-12-10(11)13(9)3;2*1-2/h4-6H,2,7H2,1,3H3,(H2,11,12);2*1-2H3/b6-4-;;. The lowest BCUT2D eigenvalue weighted by atomic mass is 10.1. The van der Waals surface area contributed by atoms with E-state index in [1.165, 1.54) is 0 Å². The van der Waals surface area contributed by atoms with Crippen LogP contribution in [-0.2, 0) is 0 Å². The van der Waals surface area contributed by atoms with Crippen LogP contribution < -0.4 is 5.73 Å². The van der Waals surface area contributed by atoms with Gasteiger partial charge in [0.25, 0.3) is 0 Å². The topological polar surface area (TPSA) is 41.6 Å². The number of nitrogens with two attached hydrogens (primary N) is 1. The first kappa shape index (κ1) is 17.9. The number of likely N-dealkylation sites (N-methyl/N-ethyl adjacent to an activating group) is 1. The molecule has 0 spiro atoms. The molecular weight excluding hydrogens is 210 g/mol. The Kier molecular flexibility index (Phi) is 11.6. The zero-order chi connectivity index (χ0) is 13.8. The second-order valence-corrected chi connectivity index (χ2v) is 2.85. The van der Waals surface area contributed by atoms with Gasteiger partial charge < -0.3 is 10.6 Å². The van der Waals surface area contributed by atoms with E-state index in [2.05, 4.69) is 11.6 Å². The third-order valence-corrected chi connectivity index (χ3v) is 2.02. The number of guanidine groups is 1. The molecule has 2 N–H and O–H groups in total. The summed E-state index contributed by atoms with van der Waals surface area (Å²) in [6, 6.07) is 0. The summed E-state index contributed by atoms with van der Waals surface area (Å²) in [5.74, 6) is 0.554. The molecule has 1 heterocycles. The Hall–Kier alpha value is -1.51. The first-order valence-electron chi connectivity index (χ1n) is 6.22. The molecule has 0 aromatic carbocycles. The van der Waals surface area contributed by atoms with Crippen LogP contribution in [0, 0.1) is 0 Å². The van der Waals surface area contributed by atoms with Gasteiger partial charge in [0, 0.05) is 12.7 Å². The van der Waals surface area contributed by atoms with Gasteiger partial charge in [-0.15, -0.1) is 0 Å². The van der Waals surface area contributed by atoms with Crippen molar-refractivity contribution in [1.29, 1.82) is 0 Å². The molecule has 0 fully saturated rings. The summed E-state index contributed by atoms with van der Waals surface area (Å²) in [7, 11) is 1.90. The predicted molar refractivity (Wildman–Crippen MR) is 79.0 cm³/mol. The Morgan fingerprint density at radius 1 is 1.29 bits per heavy atom. The van der Waals surface area contributed by atoms with E-state index in [0.717, 1.165) is 11.3 Å². The van der Waals surface area contributed by atoms with Crippen molar-refractivity contribution >= 4 is 5.96 Å². The highest BCUT2D eigenvalue weighted by Crippen LogP contribution is 2.16. The maximum absolute atomic E-state index is 5.69. The lowest BCUT2D eigenvalue weighted by molar-refractivity contribution is 0.612. The smallest absolute Gasteiger partial charge is 0.195 e. The quantitative estimate of drug-likeness (QED) is 0.800. The Morgan fingerprint density at radius 3 is 2.24 bits per heavy atom. The molecule has 3 heteroatoms. The highest BCUT2D eigenvalue weighted by Gasteiger charge is 2.14. The second-order valence-electron chi connectivity index (χ2n) is 2.85. The van der Waals surface area contributed by atoms with Crippen LogP contribution >= 0.6 is 0 Å². The van der Waals surface area contributed by atoms with Crippen molar-refractivity contribution in [3.63, 3.8) is 0 Å². The molecule has 0 bridgehead atoms. The minimum Gasteiger partial charge on any atom is -0.370 e. The van der Waals surface area contributed by atoms with Gasteiger partial charge in [-0.3, -0.25) is 0 Å². The maximum atomic E-state index is 5.69. The zero-order valence-electron chi connectivity index (χ0n) is 12.1. The van der Waals surface area contributed by atoms with Crippen molar-refractivity contribution < 1.29 is 0 Å². The molecule has 0 radical (unpaired) electrons. The Balaban J connectivity index is 0. The SMILES string of the molecule is C=CC1=C(/C=C\C)N(C)C(N)=NC1.CC.CC. The summed E-state index contributed by atoms with van der Waals surface area (Å²) < 4.78 is 0. The van der Waals surface area contributed by atoms with Gasteiger partial charge >= 0.3 is 0 Å². The lowest BCUT2D eigenvalue weighted by Gasteiger charge is -2.25. The molecule has 0 aromatic heterocycles. The molecule has 1 aliphatic rings. The fraction of sp³-hybridized carbons (Fsp3) is 0.500. The van der Waals surface area contributed by atoms with Crippen LogP contribution in [0.5, 0.6) is 0 Å². The van der Waals surface area contributed by atoms with Crippen molar-refractivity contribution in [2.45, 2.75) is 34.6 Å². The van der Waals surface area contributed by atoms with Crippen molar-refractivity contribution in [2.24, 2.45) is 10.7 Å². The number of hydrogen-bond donors (Lipinski definition) is 1. The molecule has 0 aromatic rings. The molecule has 0 saturated carbocycles. The molecule has 98 valence electrons.